The van der Waals surface area contributed by atoms with Gasteiger partial charge in [-0.2, -0.15) is 0 Å². The van der Waals surface area contributed by atoms with Crippen molar-refractivity contribution in [1.82, 2.24) is 5.32 Å². The Morgan fingerprint density at radius 2 is 2.15 bits per heavy atom. The molecule has 1 saturated carbocycles. The van der Waals surface area contributed by atoms with E-state index in [0.29, 0.717) is 29.6 Å². The summed E-state index contributed by atoms with van der Waals surface area (Å²) in [5.41, 5.74) is 0. The van der Waals surface area contributed by atoms with Gasteiger partial charge in [0.1, 0.15) is 5.78 Å². The lowest BCUT2D eigenvalue weighted by Crippen LogP contribution is -2.30. The van der Waals surface area contributed by atoms with E-state index in [4.69, 9.17) is 0 Å². The molecule has 0 unspecified atom stereocenters. The van der Waals surface area contributed by atoms with Crippen molar-refractivity contribution >= 4 is 5.78 Å². The quantitative estimate of drug-likeness (QED) is 0.704. The van der Waals surface area contributed by atoms with Crippen LogP contribution in [0.5, 0.6) is 0 Å². The first-order valence-corrected chi connectivity index (χ1v) is 5.24. The van der Waals surface area contributed by atoms with Gasteiger partial charge < -0.3 is 5.32 Å². The van der Waals surface area contributed by atoms with Crippen molar-refractivity contribution in [3.63, 3.8) is 0 Å². The minimum Gasteiger partial charge on any atom is -0.317 e. The molecule has 0 saturated heterocycles. The van der Waals surface area contributed by atoms with E-state index in [2.05, 4.69) is 19.2 Å². The Morgan fingerprint density at radius 1 is 1.54 bits per heavy atom. The second-order valence-electron chi connectivity index (χ2n) is 4.64. The van der Waals surface area contributed by atoms with Gasteiger partial charge in [0.2, 0.25) is 0 Å². The van der Waals surface area contributed by atoms with E-state index >= 15 is 0 Å². The van der Waals surface area contributed by atoms with Crippen LogP contribution in [0.25, 0.3) is 0 Å². The van der Waals surface area contributed by atoms with Crippen LogP contribution in [0.15, 0.2) is 0 Å². The first-order valence-electron chi connectivity index (χ1n) is 5.24. The molecule has 2 nitrogen and oxygen atoms in total. The van der Waals surface area contributed by atoms with E-state index in [-0.39, 0.29) is 0 Å². The molecular weight excluding hydrogens is 162 g/mol. The van der Waals surface area contributed by atoms with Gasteiger partial charge >= 0.3 is 0 Å². The molecule has 2 heteroatoms. The second kappa shape index (κ2) is 4.23. The molecule has 3 atom stereocenters. The molecule has 1 aliphatic rings. The predicted molar refractivity (Wildman–Crippen MR) is 54.6 cm³/mol. The predicted octanol–water partition coefficient (Wildman–Crippen LogP) is 1.85. The summed E-state index contributed by atoms with van der Waals surface area (Å²) in [7, 11) is 2.00. The molecule has 0 radical (unpaired) electrons. The number of carbonyl (C=O) groups excluding carboxylic acids is 1. The van der Waals surface area contributed by atoms with Crippen LogP contribution in [0.4, 0.5) is 0 Å². The molecular formula is C11H21NO. The molecule has 0 aliphatic heterocycles. The van der Waals surface area contributed by atoms with Crippen molar-refractivity contribution in [1.29, 1.82) is 0 Å². The third-order valence-corrected chi connectivity index (χ3v) is 2.97. The maximum Gasteiger partial charge on any atom is 0.133 e. The van der Waals surface area contributed by atoms with Gasteiger partial charge in [-0.3, -0.25) is 4.79 Å². The van der Waals surface area contributed by atoms with Crippen molar-refractivity contribution < 1.29 is 4.79 Å². The van der Waals surface area contributed by atoms with E-state index in [1.165, 1.54) is 6.42 Å². The van der Waals surface area contributed by atoms with Crippen LogP contribution in [0.1, 0.15) is 33.6 Å². The van der Waals surface area contributed by atoms with Crippen LogP contribution in [0, 0.1) is 17.8 Å². The first-order chi connectivity index (χ1) is 6.06. The summed E-state index contributed by atoms with van der Waals surface area (Å²) < 4.78 is 0. The molecule has 0 amide bonds. The Kier molecular flexibility index (Phi) is 3.48. The number of nitrogens with one attached hydrogen (secondary N) is 1. The average molecular weight is 183 g/mol. The van der Waals surface area contributed by atoms with Crippen LogP contribution in [0.2, 0.25) is 0 Å². The molecule has 0 heterocycles. The fourth-order valence-corrected chi connectivity index (χ4v) is 2.14. The fourth-order valence-electron chi connectivity index (χ4n) is 2.14. The Balaban J connectivity index is 2.37. The molecule has 1 N–H and O–H groups in total. The molecule has 0 spiro atoms. The third-order valence-electron chi connectivity index (χ3n) is 2.97. The summed E-state index contributed by atoms with van der Waals surface area (Å²) in [4.78, 5) is 11.1. The number of hydrogen-bond donors (Lipinski definition) is 1. The second-order valence-corrected chi connectivity index (χ2v) is 4.64. The van der Waals surface area contributed by atoms with E-state index in [1.807, 2.05) is 7.05 Å². The van der Waals surface area contributed by atoms with Crippen LogP contribution in [-0.2, 0) is 4.79 Å². The van der Waals surface area contributed by atoms with Gasteiger partial charge in [-0.25, -0.2) is 0 Å². The minimum atomic E-state index is 0.358. The standard InChI is InChI=1S/C11H21NO/c1-7(2)5-11(12-4)10-6-9(10)8(3)13/h7,9-12H,5-6H2,1-4H3/t9-,10+,11-/m0/s1. The van der Waals surface area contributed by atoms with Crippen molar-refractivity contribution in [2.75, 3.05) is 7.05 Å². The van der Waals surface area contributed by atoms with Gasteiger partial charge in [0.25, 0.3) is 0 Å². The van der Waals surface area contributed by atoms with Crippen LogP contribution < -0.4 is 5.32 Å². The normalized spacial score (nSPS) is 29.0. The highest BCUT2D eigenvalue weighted by Crippen LogP contribution is 2.43. The van der Waals surface area contributed by atoms with Crippen LogP contribution >= 0.6 is 0 Å². The maximum atomic E-state index is 11.1. The Bertz CT molecular complexity index is 189. The zero-order valence-corrected chi connectivity index (χ0v) is 9.13. The summed E-state index contributed by atoms with van der Waals surface area (Å²) in [5.74, 6) is 2.06. The first kappa shape index (κ1) is 10.7. The van der Waals surface area contributed by atoms with Gasteiger partial charge in [-0.1, -0.05) is 13.8 Å². The molecule has 1 rings (SSSR count). The Hall–Kier alpha value is -0.370. The van der Waals surface area contributed by atoms with Gasteiger partial charge in [0.15, 0.2) is 0 Å². The summed E-state index contributed by atoms with van der Waals surface area (Å²) in [6.45, 7) is 6.18. The smallest absolute Gasteiger partial charge is 0.133 e. The van der Waals surface area contributed by atoms with Crippen molar-refractivity contribution in [2.24, 2.45) is 17.8 Å². The topological polar surface area (TPSA) is 29.1 Å². The lowest BCUT2D eigenvalue weighted by Gasteiger charge is -2.17. The molecule has 0 aromatic carbocycles. The monoisotopic (exact) mass is 183 g/mol. The maximum absolute atomic E-state index is 11.1. The lowest BCUT2D eigenvalue weighted by atomic mass is 9.98. The van der Waals surface area contributed by atoms with E-state index < -0.39 is 0 Å². The molecule has 0 bridgehead atoms. The number of rotatable bonds is 5. The molecule has 76 valence electrons. The molecule has 0 aromatic heterocycles. The van der Waals surface area contributed by atoms with Crippen molar-refractivity contribution in [2.45, 2.75) is 39.7 Å². The zero-order chi connectivity index (χ0) is 10.0. The van der Waals surface area contributed by atoms with Gasteiger partial charge in [-0.15, -0.1) is 0 Å². The van der Waals surface area contributed by atoms with E-state index in [9.17, 15) is 4.79 Å². The van der Waals surface area contributed by atoms with Crippen molar-refractivity contribution in [3.8, 4) is 0 Å². The molecule has 0 aromatic rings. The highest BCUT2D eigenvalue weighted by Gasteiger charge is 2.45. The highest BCUT2D eigenvalue weighted by atomic mass is 16.1. The summed E-state index contributed by atoms with van der Waals surface area (Å²) in [6.07, 6.45) is 2.29. The average Bonchev–Trinajstić information content (AvgIpc) is 2.78. The minimum absolute atomic E-state index is 0.358. The third kappa shape index (κ3) is 2.80. The summed E-state index contributed by atoms with van der Waals surface area (Å²) in [6, 6.07) is 0.550. The number of hydrogen-bond acceptors (Lipinski definition) is 2. The van der Waals surface area contributed by atoms with Gasteiger partial charge in [0.05, 0.1) is 0 Å². The van der Waals surface area contributed by atoms with Crippen LogP contribution in [-0.4, -0.2) is 18.9 Å². The summed E-state index contributed by atoms with van der Waals surface area (Å²) in [5, 5.41) is 3.33. The molecule has 1 fully saturated rings. The summed E-state index contributed by atoms with van der Waals surface area (Å²) >= 11 is 0. The van der Waals surface area contributed by atoms with E-state index in [0.717, 1.165) is 6.42 Å². The molecule has 1 aliphatic carbocycles. The Labute approximate surface area is 81.1 Å². The Morgan fingerprint density at radius 3 is 2.46 bits per heavy atom. The van der Waals surface area contributed by atoms with Crippen LogP contribution in [0.3, 0.4) is 0 Å². The van der Waals surface area contributed by atoms with Gasteiger partial charge in [0, 0.05) is 12.0 Å². The lowest BCUT2D eigenvalue weighted by molar-refractivity contribution is -0.118. The fraction of sp³-hybridized carbons (Fsp3) is 0.909. The van der Waals surface area contributed by atoms with Gasteiger partial charge in [-0.05, 0) is 38.6 Å². The molecule has 13 heavy (non-hydrogen) atoms. The number of carbonyl (C=O) groups is 1. The van der Waals surface area contributed by atoms with Crippen molar-refractivity contribution in [3.05, 3.63) is 0 Å². The number of ketones is 1. The number of Topliss-reactive ketones (excluding diaryl/α,β-unsaturated/α-hetero) is 1. The van der Waals surface area contributed by atoms with E-state index in [1.54, 1.807) is 6.92 Å². The largest absolute Gasteiger partial charge is 0.317 e. The zero-order valence-electron chi connectivity index (χ0n) is 9.13. The SMILES string of the molecule is CN[C@@H](CC(C)C)[C@@H]1C[C@H]1C(C)=O. The highest BCUT2D eigenvalue weighted by molar-refractivity contribution is 5.81.